The van der Waals surface area contributed by atoms with Gasteiger partial charge in [0.05, 0.1) is 6.04 Å². The minimum Gasteiger partial charge on any atom is -0.372 e. The lowest BCUT2D eigenvalue weighted by molar-refractivity contribution is 0.857. The average Bonchev–Trinajstić information content (AvgIpc) is 2.14. The summed E-state index contributed by atoms with van der Waals surface area (Å²) in [6.07, 6.45) is 6.31. The van der Waals surface area contributed by atoms with Crippen molar-refractivity contribution < 1.29 is 0 Å². The van der Waals surface area contributed by atoms with E-state index in [1.165, 1.54) is 5.56 Å². The lowest BCUT2D eigenvalue weighted by atomic mass is 10.2. The summed E-state index contributed by atoms with van der Waals surface area (Å²) in [4.78, 5) is 0. The largest absolute Gasteiger partial charge is 0.372 e. The first kappa shape index (κ1) is 9.67. The van der Waals surface area contributed by atoms with E-state index < -0.39 is 0 Å². The van der Waals surface area contributed by atoms with Crippen LogP contribution in [-0.4, -0.2) is 6.04 Å². The third kappa shape index (κ3) is 2.83. The third-order valence-electron chi connectivity index (χ3n) is 1.97. The van der Waals surface area contributed by atoms with Gasteiger partial charge in [0.15, 0.2) is 0 Å². The average molecular weight is 173 g/mol. The van der Waals surface area contributed by atoms with Gasteiger partial charge in [-0.3, -0.25) is 0 Å². The Labute approximate surface area is 80.2 Å². The van der Waals surface area contributed by atoms with Gasteiger partial charge in [-0.15, -0.1) is 6.42 Å². The molecule has 0 saturated carbocycles. The molecule has 1 aromatic rings. The summed E-state index contributed by atoms with van der Waals surface area (Å²) in [7, 11) is 0. The summed E-state index contributed by atoms with van der Waals surface area (Å²) >= 11 is 0. The Morgan fingerprint density at radius 2 is 2.31 bits per heavy atom. The van der Waals surface area contributed by atoms with Crippen LogP contribution in [0.1, 0.15) is 18.9 Å². The fourth-order valence-corrected chi connectivity index (χ4v) is 1.20. The molecule has 0 heterocycles. The van der Waals surface area contributed by atoms with Crippen LogP contribution in [0.15, 0.2) is 24.3 Å². The molecule has 0 aliphatic heterocycles. The molecule has 0 spiro atoms. The van der Waals surface area contributed by atoms with E-state index in [9.17, 15) is 0 Å². The first-order chi connectivity index (χ1) is 6.26. The zero-order valence-electron chi connectivity index (χ0n) is 8.17. The molecule has 1 N–H and O–H groups in total. The highest BCUT2D eigenvalue weighted by Crippen LogP contribution is 2.11. The van der Waals surface area contributed by atoms with E-state index in [-0.39, 0.29) is 6.04 Å². The van der Waals surface area contributed by atoms with Crippen LogP contribution >= 0.6 is 0 Å². The van der Waals surface area contributed by atoms with Crippen LogP contribution in [0.2, 0.25) is 0 Å². The van der Waals surface area contributed by atoms with Gasteiger partial charge < -0.3 is 5.32 Å². The van der Waals surface area contributed by atoms with E-state index in [0.717, 1.165) is 12.1 Å². The van der Waals surface area contributed by atoms with Gasteiger partial charge in [0.2, 0.25) is 0 Å². The predicted octanol–water partition coefficient (Wildman–Crippen LogP) is 2.82. The van der Waals surface area contributed by atoms with E-state index in [1.54, 1.807) is 0 Å². The van der Waals surface area contributed by atoms with Crippen molar-refractivity contribution in [3.05, 3.63) is 29.8 Å². The topological polar surface area (TPSA) is 12.0 Å². The molecule has 0 bridgehead atoms. The fourth-order valence-electron chi connectivity index (χ4n) is 1.20. The number of benzene rings is 1. The summed E-state index contributed by atoms with van der Waals surface area (Å²) < 4.78 is 0. The predicted molar refractivity (Wildman–Crippen MR) is 57.7 cm³/mol. The maximum atomic E-state index is 5.36. The number of nitrogens with one attached hydrogen (secondary N) is 1. The Morgan fingerprint density at radius 3 is 2.85 bits per heavy atom. The highest BCUT2D eigenvalue weighted by Gasteiger charge is 2.00. The number of aryl methyl sites for hydroxylation is 1. The zero-order valence-corrected chi connectivity index (χ0v) is 8.17. The molecule has 0 radical (unpaired) electrons. The van der Waals surface area contributed by atoms with Gasteiger partial charge in [0.1, 0.15) is 0 Å². The maximum absolute atomic E-state index is 5.36. The molecular weight excluding hydrogens is 158 g/mol. The Hall–Kier alpha value is -1.42. The summed E-state index contributed by atoms with van der Waals surface area (Å²) in [6.45, 7) is 4.15. The highest BCUT2D eigenvalue weighted by atomic mass is 14.9. The van der Waals surface area contributed by atoms with Crippen LogP contribution in [0.4, 0.5) is 5.69 Å². The second-order valence-corrected chi connectivity index (χ2v) is 3.14. The molecule has 0 aliphatic carbocycles. The molecule has 0 fully saturated rings. The molecule has 0 saturated heterocycles. The van der Waals surface area contributed by atoms with Crippen LogP contribution in [0.5, 0.6) is 0 Å². The van der Waals surface area contributed by atoms with Gasteiger partial charge in [0, 0.05) is 5.69 Å². The molecular formula is C12H15N. The zero-order chi connectivity index (χ0) is 9.68. The van der Waals surface area contributed by atoms with Crippen molar-refractivity contribution in [1.82, 2.24) is 0 Å². The van der Waals surface area contributed by atoms with Crippen molar-refractivity contribution in [2.24, 2.45) is 0 Å². The van der Waals surface area contributed by atoms with Gasteiger partial charge in [0.25, 0.3) is 0 Å². The van der Waals surface area contributed by atoms with Crippen LogP contribution in [0.25, 0.3) is 0 Å². The Morgan fingerprint density at radius 1 is 1.54 bits per heavy atom. The standard InChI is InChI=1S/C12H15N/c1-4-11(5-2)13-12-8-6-7-10(3)9-12/h1,6-9,11,13H,5H2,2-3H3. The third-order valence-corrected chi connectivity index (χ3v) is 1.97. The van der Waals surface area contributed by atoms with E-state index in [2.05, 4.69) is 37.2 Å². The summed E-state index contributed by atoms with van der Waals surface area (Å²) in [5.74, 6) is 2.71. The van der Waals surface area contributed by atoms with Crippen LogP contribution < -0.4 is 5.32 Å². The monoisotopic (exact) mass is 173 g/mol. The molecule has 1 nitrogen and oxygen atoms in total. The molecule has 68 valence electrons. The Balaban J connectivity index is 2.69. The van der Waals surface area contributed by atoms with E-state index >= 15 is 0 Å². The van der Waals surface area contributed by atoms with Gasteiger partial charge in [-0.05, 0) is 31.0 Å². The van der Waals surface area contributed by atoms with E-state index in [4.69, 9.17) is 6.42 Å². The molecule has 1 atom stereocenters. The maximum Gasteiger partial charge on any atom is 0.0871 e. The highest BCUT2D eigenvalue weighted by molar-refractivity contribution is 5.47. The smallest absolute Gasteiger partial charge is 0.0871 e. The first-order valence-corrected chi connectivity index (χ1v) is 4.55. The van der Waals surface area contributed by atoms with Gasteiger partial charge in [-0.25, -0.2) is 0 Å². The van der Waals surface area contributed by atoms with Gasteiger partial charge in [-0.1, -0.05) is 25.0 Å². The number of terminal acetylenes is 1. The Kier molecular flexibility index (Phi) is 3.40. The number of hydrogen-bond donors (Lipinski definition) is 1. The van der Waals surface area contributed by atoms with Crippen LogP contribution in [-0.2, 0) is 0 Å². The number of hydrogen-bond acceptors (Lipinski definition) is 1. The lowest BCUT2D eigenvalue weighted by Crippen LogP contribution is -2.15. The lowest BCUT2D eigenvalue weighted by Gasteiger charge is -2.12. The van der Waals surface area contributed by atoms with Crippen molar-refractivity contribution in [3.8, 4) is 12.3 Å². The second-order valence-electron chi connectivity index (χ2n) is 3.14. The van der Waals surface area contributed by atoms with Crippen LogP contribution in [0.3, 0.4) is 0 Å². The minimum absolute atomic E-state index is 0.141. The van der Waals surface area contributed by atoms with Crippen molar-refractivity contribution >= 4 is 5.69 Å². The number of rotatable bonds is 3. The summed E-state index contributed by atoms with van der Waals surface area (Å²) in [5.41, 5.74) is 2.35. The molecule has 0 aliphatic rings. The summed E-state index contributed by atoms with van der Waals surface area (Å²) in [6, 6.07) is 8.37. The normalized spacial score (nSPS) is 11.8. The first-order valence-electron chi connectivity index (χ1n) is 4.55. The van der Waals surface area contributed by atoms with Gasteiger partial charge >= 0.3 is 0 Å². The minimum atomic E-state index is 0.141. The quantitative estimate of drug-likeness (QED) is 0.693. The van der Waals surface area contributed by atoms with Crippen molar-refractivity contribution in [2.45, 2.75) is 26.3 Å². The van der Waals surface area contributed by atoms with Crippen molar-refractivity contribution in [3.63, 3.8) is 0 Å². The molecule has 0 amide bonds. The fraction of sp³-hybridized carbons (Fsp3) is 0.333. The molecule has 13 heavy (non-hydrogen) atoms. The van der Waals surface area contributed by atoms with Crippen LogP contribution in [0, 0.1) is 19.3 Å². The van der Waals surface area contributed by atoms with Crippen molar-refractivity contribution in [2.75, 3.05) is 5.32 Å². The van der Waals surface area contributed by atoms with Crippen molar-refractivity contribution in [1.29, 1.82) is 0 Å². The molecule has 1 heteroatoms. The second kappa shape index (κ2) is 4.57. The molecule has 1 unspecified atom stereocenters. The Bertz CT molecular complexity index is 309. The van der Waals surface area contributed by atoms with E-state index in [1.807, 2.05) is 12.1 Å². The molecule has 1 rings (SSSR count). The SMILES string of the molecule is C#CC(CC)Nc1cccc(C)c1. The van der Waals surface area contributed by atoms with E-state index in [0.29, 0.717) is 0 Å². The number of anilines is 1. The molecule has 0 aromatic heterocycles. The van der Waals surface area contributed by atoms with Gasteiger partial charge in [-0.2, -0.15) is 0 Å². The molecule has 1 aromatic carbocycles. The summed E-state index contributed by atoms with van der Waals surface area (Å²) in [5, 5.41) is 3.28.